The second-order valence-corrected chi connectivity index (χ2v) is 11.9. The number of likely N-dealkylation sites (tertiary alicyclic amines) is 1. The molecule has 8 heteroatoms. The van der Waals surface area contributed by atoms with Crippen LogP contribution in [0.4, 0.5) is 4.39 Å². The summed E-state index contributed by atoms with van der Waals surface area (Å²) in [6.07, 6.45) is 8.43. The van der Waals surface area contributed by atoms with Gasteiger partial charge in [0.25, 0.3) is 11.8 Å². The zero-order valence-electron chi connectivity index (χ0n) is 25.1. The summed E-state index contributed by atoms with van der Waals surface area (Å²) in [7, 11) is 0. The molecule has 0 bridgehead atoms. The Kier molecular flexibility index (Phi) is 9.10. The molecule has 3 aromatic carbocycles. The smallest absolute Gasteiger partial charge is 0.253 e. The Morgan fingerprint density at radius 3 is 2.34 bits per heavy atom. The van der Waals surface area contributed by atoms with E-state index in [4.69, 9.17) is 9.47 Å². The van der Waals surface area contributed by atoms with Gasteiger partial charge in [0.05, 0.1) is 6.61 Å². The van der Waals surface area contributed by atoms with Crippen LogP contribution in [-0.2, 0) is 4.74 Å². The van der Waals surface area contributed by atoms with Gasteiger partial charge in [-0.05, 0) is 111 Å². The fraction of sp³-hybridized carbons (Fsp3) is 0.361. The molecule has 6 rings (SSSR count). The Morgan fingerprint density at radius 2 is 1.64 bits per heavy atom. The van der Waals surface area contributed by atoms with Gasteiger partial charge in [-0.1, -0.05) is 5.73 Å². The molecule has 0 atom stereocenters. The van der Waals surface area contributed by atoms with Crippen molar-refractivity contribution in [3.8, 4) is 11.5 Å². The van der Waals surface area contributed by atoms with E-state index in [-0.39, 0.29) is 17.6 Å². The number of hydrogen-bond acceptors (Lipinski definition) is 5. The SMILES string of the molecule is Cc1c(C(=O)NCCOCC2CC2)ccc2c1=CN(CC1CCN(C(=O)c3ccc(Oc4ccc(F)cc4)cc3)CC1)C=C=2. The number of carbonyl (C=O) groups is 2. The number of nitrogens with zero attached hydrogens (tertiary/aromatic N) is 2. The molecule has 1 saturated carbocycles. The van der Waals surface area contributed by atoms with E-state index in [0.29, 0.717) is 60.7 Å². The molecular weight excluding hydrogens is 557 g/mol. The molecule has 1 N–H and O–H groups in total. The van der Waals surface area contributed by atoms with E-state index in [0.717, 1.165) is 42.0 Å². The van der Waals surface area contributed by atoms with Gasteiger partial charge in [0.1, 0.15) is 17.3 Å². The molecule has 228 valence electrons. The van der Waals surface area contributed by atoms with Crippen molar-refractivity contribution in [2.24, 2.45) is 11.8 Å². The first kappa shape index (κ1) is 29.7. The van der Waals surface area contributed by atoms with Gasteiger partial charge < -0.3 is 24.6 Å². The summed E-state index contributed by atoms with van der Waals surface area (Å²) >= 11 is 0. The topological polar surface area (TPSA) is 71.1 Å². The number of carbonyl (C=O) groups excluding carboxylic acids is 2. The number of amides is 2. The molecule has 3 aromatic rings. The highest BCUT2D eigenvalue weighted by atomic mass is 19.1. The maximum Gasteiger partial charge on any atom is 0.253 e. The number of halogens is 1. The predicted octanol–water partition coefficient (Wildman–Crippen LogP) is 4.58. The Balaban J connectivity index is 0.999. The highest BCUT2D eigenvalue weighted by Crippen LogP contribution is 2.28. The van der Waals surface area contributed by atoms with Crippen molar-refractivity contribution >= 4 is 23.7 Å². The van der Waals surface area contributed by atoms with Crippen LogP contribution in [0.5, 0.6) is 11.5 Å². The molecule has 3 aliphatic rings. The normalized spacial score (nSPS) is 16.1. The van der Waals surface area contributed by atoms with E-state index in [9.17, 15) is 14.0 Å². The van der Waals surface area contributed by atoms with Crippen LogP contribution in [0, 0.1) is 24.6 Å². The summed E-state index contributed by atoms with van der Waals surface area (Å²) in [5.74, 6) is 1.89. The Labute approximate surface area is 257 Å². The number of benzene rings is 3. The van der Waals surface area contributed by atoms with Crippen molar-refractivity contribution in [3.63, 3.8) is 0 Å². The second-order valence-electron chi connectivity index (χ2n) is 11.9. The van der Waals surface area contributed by atoms with E-state index in [1.165, 1.54) is 25.0 Å². The molecule has 0 spiro atoms. The summed E-state index contributed by atoms with van der Waals surface area (Å²) in [4.78, 5) is 30.1. The second kappa shape index (κ2) is 13.5. The van der Waals surface area contributed by atoms with Crippen LogP contribution in [0.25, 0.3) is 11.9 Å². The summed E-state index contributed by atoms with van der Waals surface area (Å²) in [6, 6.07) is 16.7. The maximum atomic E-state index is 13.2. The van der Waals surface area contributed by atoms with E-state index in [1.807, 2.05) is 30.2 Å². The number of hydrogen-bond donors (Lipinski definition) is 1. The fourth-order valence-corrected chi connectivity index (χ4v) is 5.70. The van der Waals surface area contributed by atoms with Gasteiger partial charge in [0, 0.05) is 66.8 Å². The van der Waals surface area contributed by atoms with E-state index in [1.54, 1.807) is 36.4 Å². The Bertz CT molecular complexity index is 1650. The molecule has 1 aliphatic carbocycles. The van der Waals surface area contributed by atoms with Crippen LogP contribution < -0.4 is 20.5 Å². The van der Waals surface area contributed by atoms with Gasteiger partial charge in [0.2, 0.25) is 0 Å². The van der Waals surface area contributed by atoms with Crippen LogP contribution >= 0.6 is 0 Å². The van der Waals surface area contributed by atoms with Crippen LogP contribution in [0.2, 0.25) is 0 Å². The van der Waals surface area contributed by atoms with Crippen molar-refractivity contribution < 1.29 is 23.5 Å². The molecule has 2 aliphatic heterocycles. The minimum atomic E-state index is -0.317. The fourth-order valence-electron chi connectivity index (χ4n) is 5.70. The van der Waals surface area contributed by atoms with Gasteiger partial charge in [0.15, 0.2) is 0 Å². The van der Waals surface area contributed by atoms with Gasteiger partial charge in [-0.25, -0.2) is 4.39 Å². The molecule has 7 nitrogen and oxygen atoms in total. The van der Waals surface area contributed by atoms with Gasteiger partial charge in [-0.2, -0.15) is 0 Å². The number of piperidine rings is 1. The van der Waals surface area contributed by atoms with E-state index >= 15 is 0 Å². The zero-order chi connectivity index (χ0) is 30.5. The third-order valence-corrected chi connectivity index (χ3v) is 8.54. The lowest BCUT2D eigenvalue weighted by atomic mass is 9.95. The lowest BCUT2D eigenvalue weighted by molar-refractivity contribution is 0.0683. The first-order chi connectivity index (χ1) is 21.4. The molecular formula is C36H38FN3O4. The monoisotopic (exact) mass is 595 g/mol. The molecule has 0 aromatic heterocycles. The first-order valence-corrected chi connectivity index (χ1v) is 15.5. The molecule has 2 heterocycles. The molecule has 0 unspecified atom stereocenters. The predicted molar refractivity (Wildman–Crippen MR) is 167 cm³/mol. The average molecular weight is 596 g/mol. The largest absolute Gasteiger partial charge is 0.457 e. The quantitative estimate of drug-likeness (QED) is 0.329. The van der Waals surface area contributed by atoms with Crippen molar-refractivity contribution in [1.82, 2.24) is 15.1 Å². The zero-order valence-corrected chi connectivity index (χ0v) is 25.1. The minimum Gasteiger partial charge on any atom is -0.457 e. The number of fused-ring (bicyclic) bond motifs is 1. The highest BCUT2D eigenvalue weighted by Gasteiger charge is 2.25. The number of nitrogens with one attached hydrogen (secondary N) is 1. The summed E-state index contributed by atoms with van der Waals surface area (Å²) < 4.78 is 24.5. The molecule has 2 fully saturated rings. The van der Waals surface area contributed by atoms with Gasteiger partial charge in [-0.15, -0.1) is 0 Å². The molecule has 1 saturated heterocycles. The van der Waals surface area contributed by atoms with Crippen LogP contribution in [0.15, 0.2) is 66.9 Å². The lowest BCUT2D eigenvalue weighted by Gasteiger charge is -2.34. The molecule has 44 heavy (non-hydrogen) atoms. The van der Waals surface area contributed by atoms with Gasteiger partial charge >= 0.3 is 0 Å². The van der Waals surface area contributed by atoms with Crippen LogP contribution in [0.3, 0.4) is 0 Å². The van der Waals surface area contributed by atoms with Crippen molar-refractivity contribution in [2.45, 2.75) is 32.6 Å². The average Bonchev–Trinajstić information content (AvgIpc) is 3.87. The van der Waals surface area contributed by atoms with Crippen molar-refractivity contribution in [2.75, 3.05) is 39.4 Å². The Hall–Kier alpha value is -4.39. The minimum absolute atomic E-state index is 0.0133. The standard InChI is InChI=1S/C36H38FN3O4/c1-25-33(35(41)38-17-21-43-24-27-2-3-27)13-6-28-16-18-39(23-34(25)28)22-26-14-19-40(20-15-26)36(42)29-4-9-31(10-5-29)44-32-11-7-30(37)8-12-32/h4-13,18,23,26-27H,2-3,14-15,17,19-22,24H2,1H3,(H,38,41). The van der Waals surface area contributed by atoms with E-state index in [2.05, 4.69) is 22.1 Å². The number of rotatable bonds is 11. The highest BCUT2D eigenvalue weighted by molar-refractivity contribution is 5.95. The van der Waals surface area contributed by atoms with Crippen LogP contribution in [-0.4, -0.2) is 61.0 Å². The lowest BCUT2D eigenvalue weighted by Crippen LogP contribution is -2.41. The Morgan fingerprint density at radius 1 is 0.932 bits per heavy atom. The molecule has 2 amide bonds. The third kappa shape index (κ3) is 7.39. The summed E-state index contributed by atoms with van der Waals surface area (Å²) in [5.41, 5.74) is 5.62. The maximum absolute atomic E-state index is 13.2. The van der Waals surface area contributed by atoms with Crippen LogP contribution in [0.1, 0.15) is 52.0 Å². The molecule has 0 radical (unpaired) electrons. The van der Waals surface area contributed by atoms with Crippen molar-refractivity contribution in [1.29, 1.82) is 0 Å². The van der Waals surface area contributed by atoms with Gasteiger partial charge in [-0.3, -0.25) is 9.59 Å². The van der Waals surface area contributed by atoms with E-state index < -0.39 is 0 Å². The summed E-state index contributed by atoms with van der Waals surface area (Å²) in [5, 5.41) is 4.99. The third-order valence-electron chi connectivity index (χ3n) is 8.54. The summed E-state index contributed by atoms with van der Waals surface area (Å²) in [6.45, 7) is 6.05. The first-order valence-electron chi connectivity index (χ1n) is 15.5. The van der Waals surface area contributed by atoms with Crippen molar-refractivity contribution in [3.05, 3.63) is 99.8 Å². The number of ether oxygens (including phenoxy) is 2.